The number of hydrogen-bond acceptors (Lipinski definition) is 4. The van der Waals surface area contributed by atoms with E-state index in [1.165, 1.54) is 4.57 Å². The van der Waals surface area contributed by atoms with E-state index in [9.17, 15) is 13.6 Å². The molecule has 0 fully saturated rings. The molecular formula is C22H17F2N5O2. The maximum absolute atomic E-state index is 13.5. The van der Waals surface area contributed by atoms with Gasteiger partial charge in [0.15, 0.2) is 17.3 Å². The van der Waals surface area contributed by atoms with Gasteiger partial charge in [-0.25, -0.2) is 23.1 Å². The van der Waals surface area contributed by atoms with E-state index in [4.69, 9.17) is 4.74 Å². The van der Waals surface area contributed by atoms with E-state index in [1.54, 1.807) is 52.7 Å². The molecule has 7 nitrogen and oxygen atoms in total. The average molecular weight is 421 g/mol. The second-order valence-corrected chi connectivity index (χ2v) is 7.01. The number of aryl methyl sites for hydroxylation is 2. The minimum absolute atomic E-state index is 0.177. The topological polar surface area (TPSA) is 66.9 Å². The number of pyridine rings is 1. The first-order valence-electron chi connectivity index (χ1n) is 9.64. The van der Waals surface area contributed by atoms with E-state index in [0.29, 0.717) is 29.1 Å². The van der Waals surface area contributed by atoms with Crippen LogP contribution in [0.5, 0.6) is 11.8 Å². The fourth-order valence-corrected chi connectivity index (χ4v) is 3.65. The molecule has 5 aromatic rings. The van der Waals surface area contributed by atoms with Crippen molar-refractivity contribution in [3.05, 3.63) is 76.8 Å². The van der Waals surface area contributed by atoms with E-state index in [2.05, 4.69) is 9.97 Å². The second kappa shape index (κ2) is 7.05. The molecule has 0 aliphatic heterocycles. The van der Waals surface area contributed by atoms with Gasteiger partial charge in [-0.05, 0) is 43.3 Å². The van der Waals surface area contributed by atoms with Gasteiger partial charge in [0, 0.05) is 31.9 Å². The van der Waals surface area contributed by atoms with Gasteiger partial charge in [0.05, 0.1) is 22.2 Å². The molecule has 0 N–H and O–H groups in total. The quantitative estimate of drug-likeness (QED) is 0.437. The molecule has 0 aliphatic carbocycles. The van der Waals surface area contributed by atoms with Gasteiger partial charge in [-0.2, -0.15) is 4.98 Å². The molecule has 3 aromatic heterocycles. The van der Waals surface area contributed by atoms with Crippen LogP contribution in [0.3, 0.4) is 0 Å². The number of hydrogen-bond donors (Lipinski definition) is 0. The minimum Gasteiger partial charge on any atom is -0.425 e. The molecule has 31 heavy (non-hydrogen) atoms. The fourth-order valence-electron chi connectivity index (χ4n) is 3.65. The summed E-state index contributed by atoms with van der Waals surface area (Å²) in [7, 11) is 1.65. The summed E-state index contributed by atoms with van der Waals surface area (Å²) in [6.07, 6.45) is 1.65. The van der Waals surface area contributed by atoms with Gasteiger partial charge >= 0.3 is 11.7 Å². The fraction of sp³-hybridized carbons (Fsp3) is 0.136. The number of aromatic nitrogens is 5. The van der Waals surface area contributed by atoms with Gasteiger partial charge in [0.1, 0.15) is 5.75 Å². The largest absolute Gasteiger partial charge is 0.425 e. The highest BCUT2D eigenvalue weighted by atomic mass is 19.2. The van der Waals surface area contributed by atoms with Crippen molar-refractivity contribution < 1.29 is 13.5 Å². The van der Waals surface area contributed by atoms with Crippen molar-refractivity contribution in [2.24, 2.45) is 7.05 Å². The first-order chi connectivity index (χ1) is 15.0. The van der Waals surface area contributed by atoms with Crippen LogP contribution in [0.25, 0.3) is 27.9 Å². The summed E-state index contributed by atoms with van der Waals surface area (Å²) < 4.78 is 37.6. The van der Waals surface area contributed by atoms with Gasteiger partial charge in [-0.1, -0.05) is 0 Å². The van der Waals surface area contributed by atoms with Gasteiger partial charge < -0.3 is 4.74 Å². The maximum atomic E-state index is 13.5. The number of ether oxygens (including phenoxy) is 1. The Morgan fingerprint density at radius 1 is 1.03 bits per heavy atom. The van der Waals surface area contributed by atoms with Crippen LogP contribution in [0.2, 0.25) is 0 Å². The Morgan fingerprint density at radius 3 is 2.52 bits per heavy atom. The van der Waals surface area contributed by atoms with Crippen LogP contribution in [0, 0.1) is 11.6 Å². The Balaban J connectivity index is 1.52. The molecule has 0 radical (unpaired) electrons. The third-order valence-electron chi connectivity index (χ3n) is 5.19. The normalized spacial score (nSPS) is 11.5. The Morgan fingerprint density at radius 2 is 1.77 bits per heavy atom. The highest BCUT2D eigenvalue weighted by molar-refractivity contribution is 5.77. The standard InChI is InChI=1S/C22H17F2N5O2/c1-3-28-18-5-4-10-25-20(18)29(22(28)30)13-6-8-14(9-7-13)31-21-26-17-11-15(23)16(24)12-19(17)27(21)2/h4-12H,3H2,1-2H3. The van der Waals surface area contributed by atoms with E-state index in [0.717, 1.165) is 17.6 Å². The maximum Gasteiger partial charge on any atom is 0.334 e. The molecule has 5 rings (SSSR count). The van der Waals surface area contributed by atoms with Crippen molar-refractivity contribution in [2.75, 3.05) is 0 Å². The minimum atomic E-state index is -0.966. The Hall–Kier alpha value is -4.01. The summed E-state index contributed by atoms with van der Waals surface area (Å²) in [5, 5.41) is 0. The monoisotopic (exact) mass is 421 g/mol. The number of imidazole rings is 2. The Kier molecular flexibility index (Phi) is 4.32. The lowest BCUT2D eigenvalue weighted by atomic mass is 10.3. The molecule has 0 unspecified atom stereocenters. The van der Waals surface area contributed by atoms with Crippen LogP contribution in [-0.2, 0) is 13.6 Å². The molecule has 3 heterocycles. The molecule has 0 saturated carbocycles. The molecule has 156 valence electrons. The SMILES string of the molecule is CCn1c(=O)n(-c2ccc(Oc3nc4cc(F)c(F)cc4n3C)cc2)c2ncccc21. The zero-order valence-electron chi connectivity index (χ0n) is 16.7. The third kappa shape index (κ3) is 2.97. The zero-order valence-corrected chi connectivity index (χ0v) is 16.7. The first-order valence-corrected chi connectivity index (χ1v) is 9.64. The molecular weight excluding hydrogens is 404 g/mol. The lowest BCUT2D eigenvalue weighted by Gasteiger charge is -2.07. The molecule has 0 amide bonds. The lowest BCUT2D eigenvalue weighted by Crippen LogP contribution is -2.22. The third-order valence-corrected chi connectivity index (χ3v) is 5.19. The van der Waals surface area contributed by atoms with Gasteiger partial charge in [-0.3, -0.25) is 9.13 Å². The smallest absolute Gasteiger partial charge is 0.334 e. The van der Waals surface area contributed by atoms with Crippen molar-refractivity contribution >= 4 is 22.2 Å². The van der Waals surface area contributed by atoms with Crippen molar-refractivity contribution in [3.8, 4) is 17.4 Å². The first kappa shape index (κ1) is 19.0. The van der Waals surface area contributed by atoms with Crippen LogP contribution in [0.1, 0.15) is 6.92 Å². The molecule has 0 atom stereocenters. The van der Waals surface area contributed by atoms with Crippen LogP contribution >= 0.6 is 0 Å². The van der Waals surface area contributed by atoms with E-state index in [1.807, 2.05) is 13.0 Å². The number of benzene rings is 2. The molecule has 0 saturated heterocycles. The second-order valence-electron chi connectivity index (χ2n) is 7.01. The Labute approximate surface area is 174 Å². The van der Waals surface area contributed by atoms with Crippen molar-refractivity contribution in [3.63, 3.8) is 0 Å². The summed E-state index contributed by atoms with van der Waals surface area (Å²) in [4.78, 5) is 21.5. The van der Waals surface area contributed by atoms with Crippen molar-refractivity contribution in [1.29, 1.82) is 0 Å². The van der Waals surface area contributed by atoms with E-state index >= 15 is 0 Å². The predicted molar refractivity (Wildman–Crippen MR) is 112 cm³/mol. The molecule has 2 aromatic carbocycles. The van der Waals surface area contributed by atoms with Crippen LogP contribution < -0.4 is 10.4 Å². The van der Waals surface area contributed by atoms with Crippen LogP contribution in [-0.4, -0.2) is 23.7 Å². The average Bonchev–Trinajstić information content (AvgIpc) is 3.22. The van der Waals surface area contributed by atoms with Crippen molar-refractivity contribution in [1.82, 2.24) is 23.7 Å². The summed E-state index contributed by atoms with van der Waals surface area (Å²) in [6.45, 7) is 2.44. The van der Waals surface area contributed by atoms with Crippen LogP contribution in [0.4, 0.5) is 8.78 Å². The van der Waals surface area contributed by atoms with E-state index in [-0.39, 0.29) is 17.2 Å². The van der Waals surface area contributed by atoms with Gasteiger partial charge in [0.25, 0.3) is 0 Å². The van der Waals surface area contributed by atoms with Crippen LogP contribution in [0.15, 0.2) is 59.5 Å². The number of rotatable bonds is 4. The summed E-state index contributed by atoms with van der Waals surface area (Å²) in [6, 6.07) is 12.8. The summed E-state index contributed by atoms with van der Waals surface area (Å²) in [5.41, 5.74) is 2.50. The van der Waals surface area contributed by atoms with Crippen molar-refractivity contribution in [2.45, 2.75) is 13.5 Å². The highest BCUT2D eigenvalue weighted by Crippen LogP contribution is 2.27. The predicted octanol–water partition coefficient (Wildman–Crippen LogP) is 4.16. The Bertz CT molecular complexity index is 1500. The zero-order chi connectivity index (χ0) is 21.7. The van der Waals surface area contributed by atoms with Gasteiger partial charge in [0.2, 0.25) is 0 Å². The number of fused-ring (bicyclic) bond motifs is 2. The van der Waals surface area contributed by atoms with E-state index < -0.39 is 11.6 Å². The highest BCUT2D eigenvalue weighted by Gasteiger charge is 2.16. The van der Waals surface area contributed by atoms with Gasteiger partial charge in [-0.15, -0.1) is 0 Å². The molecule has 9 heteroatoms. The molecule has 0 bridgehead atoms. The number of nitrogens with zero attached hydrogens (tertiary/aromatic N) is 5. The lowest BCUT2D eigenvalue weighted by molar-refractivity contribution is 0.427. The summed E-state index contributed by atoms with van der Waals surface area (Å²) >= 11 is 0. The summed E-state index contributed by atoms with van der Waals surface area (Å²) in [5.74, 6) is -1.45. The molecule has 0 spiro atoms. The number of halogens is 2. The molecule has 0 aliphatic rings.